The van der Waals surface area contributed by atoms with Crippen LogP contribution in [0.1, 0.15) is 52.0 Å². The molecule has 0 spiro atoms. The molecule has 0 unspecified atom stereocenters. The number of nitrogens with two attached hydrogens (primary N) is 1. The quantitative estimate of drug-likeness (QED) is 0.398. The number of carbonyl (C=O) groups is 2. The van der Waals surface area contributed by atoms with E-state index in [0.717, 1.165) is 18.4 Å². The number of benzene rings is 1. The highest BCUT2D eigenvalue weighted by molar-refractivity contribution is 5.76. The number of ether oxygens (including phenoxy) is 1. The summed E-state index contributed by atoms with van der Waals surface area (Å²) in [5.74, 6) is -0.910. The molecule has 156 valence electrons. The van der Waals surface area contributed by atoms with Gasteiger partial charge in [0.2, 0.25) is 5.91 Å². The molecule has 0 aliphatic rings. The van der Waals surface area contributed by atoms with Crippen molar-refractivity contribution in [2.24, 2.45) is 11.7 Å². The van der Waals surface area contributed by atoms with Crippen LogP contribution in [0.3, 0.4) is 0 Å². The molecule has 3 atom stereocenters. The lowest BCUT2D eigenvalue weighted by molar-refractivity contribution is -0.123. The lowest BCUT2D eigenvalue weighted by Crippen LogP contribution is -2.48. The number of unbranched alkanes of at least 4 members (excludes halogenated alkanes) is 1. The van der Waals surface area contributed by atoms with Crippen LogP contribution in [0, 0.1) is 5.92 Å². The van der Waals surface area contributed by atoms with Crippen LogP contribution in [-0.4, -0.2) is 34.9 Å². The molecule has 2 amide bonds. The fourth-order valence-electron chi connectivity index (χ4n) is 2.95. The summed E-state index contributed by atoms with van der Waals surface area (Å²) in [4.78, 5) is 24.0. The summed E-state index contributed by atoms with van der Waals surface area (Å²) < 4.78 is 5.32. The number of primary amides is 1. The van der Waals surface area contributed by atoms with E-state index in [1.54, 1.807) is 26.8 Å². The van der Waals surface area contributed by atoms with Crippen molar-refractivity contribution >= 4 is 12.0 Å². The second kappa shape index (κ2) is 11.5. The lowest BCUT2D eigenvalue weighted by atomic mass is 9.90. The summed E-state index contributed by atoms with van der Waals surface area (Å²) in [6, 6.07) is 8.94. The number of aliphatic hydroxyl groups excluding tert-OH is 1. The zero-order valence-corrected chi connectivity index (χ0v) is 17.2. The Labute approximate surface area is 168 Å². The molecular weight excluding hydrogens is 356 g/mol. The molecule has 0 aliphatic heterocycles. The van der Waals surface area contributed by atoms with Gasteiger partial charge >= 0.3 is 6.09 Å². The Morgan fingerprint density at radius 2 is 1.93 bits per heavy atom. The predicted octanol–water partition coefficient (Wildman–Crippen LogP) is 3.33. The number of alkyl carbamates (subject to hydrolysis) is 1. The van der Waals surface area contributed by atoms with Gasteiger partial charge in [-0.25, -0.2) is 4.79 Å². The summed E-state index contributed by atoms with van der Waals surface area (Å²) >= 11 is 0. The second-order valence-corrected chi connectivity index (χ2v) is 8.06. The third-order valence-electron chi connectivity index (χ3n) is 4.35. The van der Waals surface area contributed by atoms with Crippen molar-refractivity contribution in [3.05, 3.63) is 48.6 Å². The average molecular weight is 391 g/mol. The molecule has 1 aromatic carbocycles. The maximum Gasteiger partial charge on any atom is 0.407 e. The fourth-order valence-corrected chi connectivity index (χ4v) is 2.95. The van der Waals surface area contributed by atoms with Gasteiger partial charge in [0.1, 0.15) is 5.60 Å². The highest BCUT2D eigenvalue weighted by atomic mass is 16.6. The topological polar surface area (TPSA) is 102 Å². The van der Waals surface area contributed by atoms with Crippen LogP contribution in [0.15, 0.2) is 43.0 Å². The maximum atomic E-state index is 12.2. The van der Waals surface area contributed by atoms with Gasteiger partial charge in [-0.15, -0.1) is 6.58 Å². The summed E-state index contributed by atoms with van der Waals surface area (Å²) in [5, 5.41) is 13.5. The first kappa shape index (κ1) is 23.7. The number of allylic oxidation sites excluding steroid dienone is 1. The summed E-state index contributed by atoms with van der Waals surface area (Å²) in [6.07, 6.45) is 2.97. The number of carbonyl (C=O) groups excluding carboxylic acids is 2. The van der Waals surface area contributed by atoms with Gasteiger partial charge in [-0.05, 0) is 58.4 Å². The summed E-state index contributed by atoms with van der Waals surface area (Å²) in [6.45, 7) is 9.00. The zero-order valence-electron chi connectivity index (χ0n) is 17.2. The molecule has 0 saturated carbocycles. The van der Waals surface area contributed by atoms with Crippen molar-refractivity contribution in [2.75, 3.05) is 0 Å². The minimum absolute atomic E-state index is 0.180. The molecule has 0 fully saturated rings. The van der Waals surface area contributed by atoms with E-state index in [0.29, 0.717) is 12.8 Å². The van der Waals surface area contributed by atoms with Gasteiger partial charge in [-0.1, -0.05) is 36.4 Å². The van der Waals surface area contributed by atoms with Crippen molar-refractivity contribution in [1.82, 2.24) is 5.32 Å². The van der Waals surface area contributed by atoms with Crippen LogP contribution in [-0.2, 0) is 16.0 Å². The van der Waals surface area contributed by atoms with Gasteiger partial charge in [-0.3, -0.25) is 4.79 Å². The smallest absolute Gasteiger partial charge is 0.407 e. The largest absolute Gasteiger partial charge is 0.444 e. The third-order valence-corrected chi connectivity index (χ3v) is 4.35. The number of hydrogen-bond acceptors (Lipinski definition) is 4. The second-order valence-electron chi connectivity index (χ2n) is 8.06. The first-order valence-electron chi connectivity index (χ1n) is 9.74. The molecule has 0 aliphatic carbocycles. The molecule has 1 rings (SSSR count). The number of aliphatic hydroxyl groups is 1. The summed E-state index contributed by atoms with van der Waals surface area (Å²) in [5.41, 5.74) is 5.83. The van der Waals surface area contributed by atoms with Crippen LogP contribution >= 0.6 is 0 Å². The molecule has 0 saturated heterocycles. The summed E-state index contributed by atoms with van der Waals surface area (Å²) in [7, 11) is 0. The predicted molar refractivity (Wildman–Crippen MR) is 111 cm³/mol. The Hall–Kier alpha value is -2.34. The Kier molecular flexibility index (Phi) is 9.73. The van der Waals surface area contributed by atoms with E-state index in [9.17, 15) is 14.7 Å². The van der Waals surface area contributed by atoms with Gasteiger partial charge in [0.05, 0.1) is 12.1 Å². The Balaban J connectivity index is 2.86. The zero-order chi connectivity index (χ0) is 21.2. The SMILES string of the molecule is C=CCCC[C@H](C[C@@H](O)[C@H](Cc1ccccc1)NC(=O)OC(C)(C)C)C(N)=O. The van der Waals surface area contributed by atoms with Crippen molar-refractivity contribution < 1.29 is 19.4 Å². The van der Waals surface area contributed by atoms with Gasteiger partial charge in [0.25, 0.3) is 0 Å². The minimum Gasteiger partial charge on any atom is -0.444 e. The van der Waals surface area contributed by atoms with E-state index in [4.69, 9.17) is 10.5 Å². The van der Waals surface area contributed by atoms with Crippen LogP contribution in [0.25, 0.3) is 0 Å². The average Bonchev–Trinajstić information content (AvgIpc) is 2.59. The monoisotopic (exact) mass is 390 g/mol. The van der Waals surface area contributed by atoms with Crippen molar-refractivity contribution in [1.29, 1.82) is 0 Å². The molecule has 0 heterocycles. The van der Waals surface area contributed by atoms with E-state index in [2.05, 4.69) is 11.9 Å². The van der Waals surface area contributed by atoms with Crippen LogP contribution in [0.2, 0.25) is 0 Å². The number of rotatable bonds is 11. The van der Waals surface area contributed by atoms with Crippen LogP contribution in [0.4, 0.5) is 4.79 Å². The molecule has 28 heavy (non-hydrogen) atoms. The highest BCUT2D eigenvalue weighted by Crippen LogP contribution is 2.19. The number of nitrogens with one attached hydrogen (secondary N) is 1. The van der Waals surface area contributed by atoms with E-state index in [-0.39, 0.29) is 6.42 Å². The van der Waals surface area contributed by atoms with E-state index < -0.39 is 35.7 Å². The Morgan fingerprint density at radius 1 is 1.29 bits per heavy atom. The molecule has 0 bridgehead atoms. The van der Waals surface area contributed by atoms with Gasteiger partial charge < -0.3 is 20.9 Å². The number of amides is 2. The van der Waals surface area contributed by atoms with Crippen molar-refractivity contribution in [2.45, 2.75) is 70.6 Å². The Morgan fingerprint density at radius 3 is 2.46 bits per heavy atom. The van der Waals surface area contributed by atoms with Crippen molar-refractivity contribution in [3.63, 3.8) is 0 Å². The van der Waals surface area contributed by atoms with E-state index in [1.165, 1.54) is 0 Å². The first-order chi connectivity index (χ1) is 13.1. The van der Waals surface area contributed by atoms with Crippen molar-refractivity contribution in [3.8, 4) is 0 Å². The molecule has 1 aromatic rings. The van der Waals surface area contributed by atoms with Crippen LogP contribution in [0.5, 0.6) is 0 Å². The van der Waals surface area contributed by atoms with Gasteiger partial charge in [0.15, 0.2) is 0 Å². The molecule has 0 radical (unpaired) electrons. The lowest BCUT2D eigenvalue weighted by Gasteiger charge is -2.28. The van der Waals surface area contributed by atoms with E-state index >= 15 is 0 Å². The van der Waals surface area contributed by atoms with Gasteiger partial charge in [-0.2, -0.15) is 0 Å². The minimum atomic E-state index is -0.936. The Bertz CT molecular complexity index is 625. The van der Waals surface area contributed by atoms with Gasteiger partial charge in [0, 0.05) is 5.92 Å². The van der Waals surface area contributed by atoms with E-state index in [1.807, 2.05) is 30.3 Å². The first-order valence-corrected chi connectivity index (χ1v) is 9.74. The highest BCUT2D eigenvalue weighted by Gasteiger charge is 2.28. The number of hydrogen-bond donors (Lipinski definition) is 3. The molecule has 6 heteroatoms. The standard InChI is InChI=1S/C22H34N2O4/c1-5-6-8-13-17(20(23)26)15-19(25)18(14-16-11-9-7-10-12-16)24-21(27)28-22(2,3)4/h5,7,9-12,17-19,25H,1,6,8,13-15H2,2-4H3,(H2,23,26)(H,24,27)/t17-,18+,19-/m1/s1. The molecule has 4 N–H and O–H groups in total. The third kappa shape index (κ3) is 9.55. The molecular formula is C22H34N2O4. The fraction of sp³-hybridized carbons (Fsp3) is 0.545. The van der Waals surface area contributed by atoms with Crippen LogP contribution < -0.4 is 11.1 Å². The normalized spacial score (nSPS) is 14.6. The maximum absolute atomic E-state index is 12.2. The molecule has 6 nitrogen and oxygen atoms in total. The molecule has 0 aromatic heterocycles.